The molecule has 0 aliphatic carbocycles. The van der Waals surface area contributed by atoms with E-state index in [2.05, 4.69) is 18.8 Å². The molecule has 0 amide bonds. The van der Waals surface area contributed by atoms with Gasteiger partial charge in [0, 0.05) is 20.4 Å². The van der Waals surface area contributed by atoms with Crippen molar-refractivity contribution in [3.05, 3.63) is 42.2 Å². The Hall–Kier alpha value is -1.22. The van der Waals surface area contributed by atoms with Crippen molar-refractivity contribution in [1.82, 2.24) is 9.97 Å². The second-order valence-corrected chi connectivity index (χ2v) is 7.04. The first kappa shape index (κ1) is 14.2. The van der Waals surface area contributed by atoms with Gasteiger partial charge in [0.1, 0.15) is 0 Å². The van der Waals surface area contributed by atoms with Crippen molar-refractivity contribution < 1.29 is 9.05 Å². The number of H-pyrrole nitrogens is 1. The Kier molecular flexibility index (Phi) is 4.35. The minimum Gasteiger partial charge on any atom is -0.360 e. The van der Waals surface area contributed by atoms with Gasteiger partial charge in [0.2, 0.25) is 0 Å². The topological polar surface area (TPSA) is 47.1 Å². The molecular weight excluding hydrogens is 259 g/mol. The molecule has 0 spiro atoms. The van der Waals surface area contributed by atoms with Gasteiger partial charge in [-0.15, -0.1) is 0 Å². The van der Waals surface area contributed by atoms with Gasteiger partial charge in [-0.25, -0.2) is 0 Å². The van der Waals surface area contributed by atoms with Crippen LogP contribution in [0.2, 0.25) is 0 Å². The molecule has 0 bridgehead atoms. The minimum absolute atomic E-state index is 0.262. The van der Waals surface area contributed by atoms with Crippen LogP contribution in [-0.4, -0.2) is 24.2 Å². The summed E-state index contributed by atoms with van der Waals surface area (Å²) in [5, 5.41) is -0.262. The fourth-order valence-electron chi connectivity index (χ4n) is 2.04. The van der Waals surface area contributed by atoms with Crippen LogP contribution in [0.3, 0.4) is 0 Å². The average Bonchev–Trinajstić information content (AvgIpc) is 2.94. The van der Waals surface area contributed by atoms with Gasteiger partial charge in [-0.3, -0.25) is 4.98 Å². The smallest absolute Gasteiger partial charge is 0.182 e. The van der Waals surface area contributed by atoms with Gasteiger partial charge in [0.15, 0.2) is 8.38 Å². The number of aromatic nitrogens is 2. The molecule has 0 aliphatic heterocycles. The van der Waals surface area contributed by atoms with E-state index >= 15 is 0 Å². The van der Waals surface area contributed by atoms with Gasteiger partial charge < -0.3 is 14.0 Å². The first-order valence-electron chi connectivity index (χ1n) is 6.09. The highest BCUT2D eigenvalue weighted by molar-refractivity contribution is 7.48. The fourth-order valence-corrected chi connectivity index (χ4v) is 3.41. The summed E-state index contributed by atoms with van der Waals surface area (Å²) in [6.45, 7) is 4.18. The van der Waals surface area contributed by atoms with Crippen molar-refractivity contribution in [1.29, 1.82) is 0 Å². The molecule has 0 fully saturated rings. The van der Waals surface area contributed by atoms with Gasteiger partial charge in [-0.05, 0) is 38.1 Å². The summed E-state index contributed by atoms with van der Waals surface area (Å²) in [4.78, 5) is 7.90. The summed E-state index contributed by atoms with van der Waals surface area (Å²) in [6, 6.07) is 9.99. The van der Waals surface area contributed by atoms with Crippen molar-refractivity contribution >= 4 is 8.38 Å². The average molecular weight is 278 g/mol. The molecule has 4 nitrogen and oxygen atoms in total. The zero-order chi connectivity index (χ0) is 13.9. The lowest BCUT2D eigenvalue weighted by molar-refractivity contribution is 0.316. The van der Waals surface area contributed by atoms with E-state index in [0.29, 0.717) is 0 Å². The Bertz CT molecular complexity index is 522. The minimum atomic E-state index is -1.02. The maximum atomic E-state index is 5.44. The van der Waals surface area contributed by atoms with E-state index < -0.39 is 8.38 Å². The second-order valence-electron chi connectivity index (χ2n) is 4.67. The van der Waals surface area contributed by atoms with Gasteiger partial charge in [0.25, 0.3) is 0 Å². The van der Waals surface area contributed by atoms with Crippen LogP contribution in [0.25, 0.3) is 11.4 Å². The van der Waals surface area contributed by atoms with Crippen LogP contribution in [0.5, 0.6) is 0 Å². The molecule has 0 unspecified atom stereocenters. The van der Waals surface area contributed by atoms with Crippen LogP contribution in [0.1, 0.15) is 19.5 Å². The summed E-state index contributed by atoms with van der Waals surface area (Å²) in [6.07, 6.45) is 1.89. The summed E-state index contributed by atoms with van der Waals surface area (Å²) in [5.74, 6) is 0. The Morgan fingerprint density at radius 1 is 1.11 bits per heavy atom. The summed E-state index contributed by atoms with van der Waals surface area (Å²) in [7, 11) is 2.33. The fraction of sp³-hybridized carbons (Fsp3) is 0.357. The standard InChI is InChI=1S/C14H19N2O2P/c1-14(2,19(17-3)18-4)13-9-5-7-12(16-13)11-8-6-10-15-11/h5-10,15H,1-4H3. The van der Waals surface area contributed by atoms with Crippen molar-refractivity contribution in [2.45, 2.75) is 19.0 Å². The Morgan fingerprint density at radius 3 is 2.42 bits per heavy atom. The molecule has 0 aromatic carbocycles. The predicted octanol–water partition coefficient (Wildman–Crippen LogP) is 3.92. The highest BCUT2D eigenvalue weighted by Gasteiger charge is 2.34. The number of nitrogens with one attached hydrogen (secondary N) is 1. The van der Waals surface area contributed by atoms with Gasteiger partial charge >= 0.3 is 0 Å². The van der Waals surface area contributed by atoms with Crippen LogP contribution in [0, 0.1) is 0 Å². The molecule has 0 aliphatic rings. The zero-order valence-electron chi connectivity index (χ0n) is 11.7. The molecule has 0 saturated carbocycles. The number of pyridine rings is 1. The molecule has 2 heterocycles. The number of nitrogens with zero attached hydrogens (tertiary/aromatic N) is 1. The molecule has 0 atom stereocenters. The van der Waals surface area contributed by atoms with Crippen LogP contribution in [-0.2, 0) is 14.2 Å². The number of aromatic amines is 1. The highest BCUT2D eigenvalue weighted by Crippen LogP contribution is 2.55. The Balaban J connectivity index is 2.38. The van der Waals surface area contributed by atoms with E-state index in [1.807, 2.05) is 36.5 Å². The Morgan fingerprint density at radius 2 is 1.84 bits per heavy atom. The highest BCUT2D eigenvalue weighted by atomic mass is 31.2. The van der Waals surface area contributed by atoms with Gasteiger partial charge in [0.05, 0.1) is 22.2 Å². The van der Waals surface area contributed by atoms with Gasteiger partial charge in [-0.2, -0.15) is 0 Å². The molecule has 5 heteroatoms. The van der Waals surface area contributed by atoms with Crippen LogP contribution in [0.4, 0.5) is 0 Å². The molecule has 0 radical (unpaired) electrons. The van der Waals surface area contributed by atoms with Crippen molar-refractivity contribution in [3.63, 3.8) is 0 Å². The molecule has 2 aromatic rings. The third-order valence-electron chi connectivity index (χ3n) is 3.04. The Labute approximate surface area is 115 Å². The zero-order valence-corrected chi connectivity index (χ0v) is 12.6. The van der Waals surface area contributed by atoms with Crippen molar-refractivity contribution in [3.8, 4) is 11.4 Å². The van der Waals surface area contributed by atoms with E-state index in [1.165, 1.54) is 0 Å². The van der Waals surface area contributed by atoms with Crippen LogP contribution >= 0.6 is 8.38 Å². The maximum absolute atomic E-state index is 5.44. The largest absolute Gasteiger partial charge is 0.360 e. The molecule has 1 N–H and O–H groups in total. The normalized spacial score (nSPS) is 12.1. The summed E-state index contributed by atoms with van der Waals surface area (Å²) < 4.78 is 10.9. The lowest BCUT2D eigenvalue weighted by Crippen LogP contribution is -2.18. The molecule has 19 heavy (non-hydrogen) atoms. The van der Waals surface area contributed by atoms with Crippen molar-refractivity contribution in [2.75, 3.05) is 14.2 Å². The monoisotopic (exact) mass is 278 g/mol. The van der Waals surface area contributed by atoms with E-state index in [-0.39, 0.29) is 5.16 Å². The number of hydrogen-bond acceptors (Lipinski definition) is 3. The van der Waals surface area contributed by atoms with E-state index in [9.17, 15) is 0 Å². The van der Waals surface area contributed by atoms with Crippen molar-refractivity contribution in [2.24, 2.45) is 0 Å². The third kappa shape index (κ3) is 2.86. The maximum Gasteiger partial charge on any atom is 0.182 e. The predicted molar refractivity (Wildman–Crippen MR) is 78.0 cm³/mol. The van der Waals surface area contributed by atoms with Crippen LogP contribution in [0.15, 0.2) is 36.5 Å². The summed E-state index contributed by atoms with van der Waals surface area (Å²) >= 11 is 0. The molecule has 2 aromatic heterocycles. The summed E-state index contributed by atoms with van der Waals surface area (Å²) in [5.41, 5.74) is 2.91. The SMILES string of the molecule is COP(OC)C(C)(C)c1cccc(-c2ccc[nH]2)n1. The second kappa shape index (κ2) is 5.83. The number of rotatable bonds is 5. The number of hydrogen-bond donors (Lipinski definition) is 1. The quantitative estimate of drug-likeness (QED) is 0.843. The van der Waals surface area contributed by atoms with Gasteiger partial charge in [-0.1, -0.05) is 6.07 Å². The first-order chi connectivity index (χ1) is 9.09. The van der Waals surface area contributed by atoms with E-state index in [0.717, 1.165) is 17.1 Å². The first-order valence-corrected chi connectivity index (χ1v) is 7.27. The lowest BCUT2D eigenvalue weighted by Gasteiger charge is -2.30. The molecule has 0 saturated heterocycles. The molecule has 2 rings (SSSR count). The van der Waals surface area contributed by atoms with Crippen LogP contribution < -0.4 is 0 Å². The van der Waals surface area contributed by atoms with E-state index in [1.54, 1.807) is 14.2 Å². The lowest BCUT2D eigenvalue weighted by atomic mass is 10.1. The third-order valence-corrected chi connectivity index (χ3v) is 4.84. The molecule has 102 valence electrons. The molecular formula is C14H19N2O2P. The van der Waals surface area contributed by atoms with E-state index in [4.69, 9.17) is 14.0 Å².